The second-order valence-electron chi connectivity index (χ2n) is 2.23. The van der Waals surface area contributed by atoms with Gasteiger partial charge in [0.05, 0.1) is 0 Å². The van der Waals surface area contributed by atoms with E-state index >= 15 is 0 Å². The van der Waals surface area contributed by atoms with Crippen LogP contribution in [0, 0.1) is 12.3 Å². The normalized spacial score (nSPS) is 11.1. The molecule has 0 rings (SSSR count). The lowest BCUT2D eigenvalue weighted by atomic mass is 10.1. The van der Waals surface area contributed by atoms with E-state index in [-0.39, 0.29) is 0 Å². The van der Waals surface area contributed by atoms with Gasteiger partial charge >= 0.3 is 0 Å². The van der Waals surface area contributed by atoms with Crippen LogP contribution >= 0.6 is 15.9 Å². The Hall–Kier alpha value is -0.220. The summed E-state index contributed by atoms with van der Waals surface area (Å²) >= 11 is 3.36. The SMILES string of the molecule is C#CCC/C(C)=C/CCBr. The summed E-state index contributed by atoms with van der Waals surface area (Å²) in [6, 6.07) is 0. The highest BCUT2D eigenvalue weighted by Crippen LogP contribution is 2.04. The fourth-order valence-electron chi connectivity index (χ4n) is 0.672. The van der Waals surface area contributed by atoms with Crippen molar-refractivity contribution in [3.8, 4) is 12.3 Å². The van der Waals surface area contributed by atoms with Gasteiger partial charge in [0.25, 0.3) is 0 Å². The Labute approximate surface area is 71.8 Å². The molecule has 0 aliphatic rings. The molecule has 0 nitrogen and oxygen atoms in total. The van der Waals surface area contributed by atoms with Crippen molar-refractivity contribution in [2.75, 3.05) is 5.33 Å². The summed E-state index contributed by atoms with van der Waals surface area (Å²) in [5.74, 6) is 2.62. The fraction of sp³-hybridized carbons (Fsp3) is 0.556. The van der Waals surface area contributed by atoms with Crippen LogP contribution in [-0.4, -0.2) is 5.33 Å². The molecule has 0 aromatic carbocycles. The molecule has 0 radical (unpaired) electrons. The third-order valence-corrected chi connectivity index (χ3v) is 1.72. The van der Waals surface area contributed by atoms with Gasteiger partial charge in [-0.2, -0.15) is 0 Å². The van der Waals surface area contributed by atoms with Gasteiger partial charge in [0.1, 0.15) is 0 Å². The van der Waals surface area contributed by atoms with Gasteiger partial charge in [-0.15, -0.1) is 12.3 Å². The number of halogens is 1. The lowest BCUT2D eigenvalue weighted by molar-refractivity contribution is 0.985. The standard InChI is InChI=1S/C9H13Br/c1-3-4-6-9(2)7-5-8-10/h1,7H,4-6,8H2,2H3/b9-7+. The minimum absolute atomic E-state index is 0.866. The molecule has 10 heavy (non-hydrogen) atoms. The maximum absolute atomic E-state index is 5.12. The highest BCUT2D eigenvalue weighted by molar-refractivity contribution is 9.09. The molecule has 1 heteroatoms. The zero-order valence-electron chi connectivity index (χ0n) is 6.36. The van der Waals surface area contributed by atoms with Crippen LogP contribution in [0.5, 0.6) is 0 Å². The summed E-state index contributed by atoms with van der Waals surface area (Å²) in [5.41, 5.74) is 1.40. The highest BCUT2D eigenvalue weighted by Gasteiger charge is 1.85. The average Bonchev–Trinajstić information content (AvgIpc) is 1.97. The second kappa shape index (κ2) is 6.89. The summed E-state index contributed by atoms with van der Waals surface area (Å²) in [6.07, 6.45) is 10.4. The van der Waals surface area contributed by atoms with Crippen LogP contribution in [0.3, 0.4) is 0 Å². The molecule has 0 amide bonds. The molecule has 0 heterocycles. The van der Waals surface area contributed by atoms with Crippen molar-refractivity contribution in [1.82, 2.24) is 0 Å². The van der Waals surface area contributed by atoms with Crippen molar-refractivity contribution in [2.45, 2.75) is 26.2 Å². The highest BCUT2D eigenvalue weighted by atomic mass is 79.9. The Morgan fingerprint density at radius 2 is 2.40 bits per heavy atom. The third-order valence-electron chi connectivity index (χ3n) is 1.27. The van der Waals surface area contributed by atoms with E-state index in [9.17, 15) is 0 Å². The van der Waals surface area contributed by atoms with Crippen molar-refractivity contribution >= 4 is 15.9 Å². The van der Waals surface area contributed by atoms with Crippen molar-refractivity contribution < 1.29 is 0 Å². The predicted octanol–water partition coefficient (Wildman–Crippen LogP) is 3.13. The topological polar surface area (TPSA) is 0 Å². The van der Waals surface area contributed by atoms with Crippen LogP contribution in [0.1, 0.15) is 26.2 Å². The average molecular weight is 201 g/mol. The van der Waals surface area contributed by atoms with Crippen LogP contribution in [0.4, 0.5) is 0 Å². The van der Waals surface area contributed by atoms with Crippen LogP contribution in [-0.2, 0) is 0 Å². The molecule has 56 valence electrons. The van der Waals surface area contributed by atoms with Gasteiger partial charge in [-0.25, -0.2) is 0 Å². The molecule has 0 bridgehead atoms. The Bertz CT molecular complexity index is 139. The Morgan fingerprint density at radius 1 is 1.70 bits per heavy atom. The maximum atomic E-state index is 5.12. The molecule has 0 saturated carbocycles. The van der Waals surface area contributed by atoms with Crippen molar-refractivity contribution in [1.29, 1.82) is 0 Å². The number of allylic oxidation sites excluding steroid dienone is 2. The summed E-state index contributed by atoms with van der Waals surface area (Å²) in [7, 11) is 0. The van der Waals surface area contributed by atoms with Gasteiger partial charge in [-0.05, 0) is 19.8 Å². The van der Waals surface area contributed by atoms with Gasteiger partial charge in [-0.3, -0.25) is 0 Å². The van der Waals surface area contributed by atoms with Gasteiger partial charge in [0, 0.05) is 11.8 Å². The molecule has 0 aliphatic heterocycles. The fourth-order valence-corrected chi connectivity index (χ4v) is 0.901. The minimum atomic E-state index is 0.866. The molecule has 0 atom stereocenters. The monoisotopic (exact) mass is 200 g/mol. The van der Waals surface area contributed by atoms with Crippen LogP contribution < -0.4 is 0 Å². The summed E-state index contributed by atoms with van der Waals surface area (Å²) < 4.78 is 0. The van der Waals surface area contributed by atoms with Crippen molar-refractivity contribution in [2.24, 2.45) is 0 Å². The first-order valence-corrected chi connectivity index (χ1v) is 4.58. The van der Waals surface area contributed by atoms with E-state index in [0.717, 1.165) is 24.6 Å². The number of rotatable bonds is 4. The number of hydrogen-bond acceptors (Lipinski definition) is 0. The summed E-state index contributed by atoms with van der Waals surface area (Å²) in [5, 5.41) is 1.04. The Balaban J connectivity index is 3.41. The first-order valence-electron chi connectivity index (χ1n) is 3.46. The minimum Gasteiger partial charge on any atom is -0.120 e. The van der Waals surface area contributed by atoms with E-state index in [2.05, 4.69) is 34.9 Å². The molecule has 0 aromatic heterocycles. The van der Waals surface area contributed by atoms with Crippen LogP contribution in [0.15, 0.2) is 11.6 Å². The molecule has 0 unspecified atom stereocenters. The first-order chi connectivity index (χ1) is 4.81. The number of terminal acetylenes is 1. The molecule has 0 fully saturated rings. The largest absolute Gasteiger partial charge is 0.120 e. The van der Waals surface area contributed by atoms with Crippen molar-refractivity contribution in [3.63, 3.8) is 0 Å². The van der Waals surface area contributed by atoms with Crippen LogP contribution in [0.2, 0.25) is 0 Å². The summed E-state index contributed by atoms with van der Waals surface area (Å²) in [6.45, 7) is 2.12. The molecule has 0 saturated heterocycles. The van der Waals surface area contributed by atoms with E-state index in [4.69, 9.17) is 6.42 Å². The quantitative estimate of drug-likeness (QED) is 0.372. The van der Waals surface area contributed by atoms with Crippen LogP contribution in [0.25, 0.3) is 0 Å². The zero-order valence-corrected chi connectivity index (χ0v) is 7.95. The smallest absolute Gasteiger partial charge is 0.0123 e. The van der Waals surface area contributed by atoms with Gasteiger partial charge < -0.3 is 0 Å². The first kappa shape index (κ1) is 9.78. The molecule has 0 spiro atoms. The van der Waals surface area contributed by atoms with E-state index in [1.54, 1.807) is 0 Å². The Kier molecular flexibility index (Phi) is 6.74. The van der Waals surface area contributed by atoms with E-state index in [1.165, 1.54) is 5.57 Å². The Morgan fingerprint density at radius 3 is 2.90 bits per heavy atom. The molecule has 0 N–H and O–H groups in total. The number of alkyl halides is 1. The molecular weight excluding hydrogens is 188 g/mol. The van der Waals surface area contributed by atoms with E-state index in [0.29, 0.717) is 0 Å². The molecule has 0 aromatic rings. The van der Waals surface area contributed by atoms with Gasteiger partial charge in [0.15, 0.2) is 0 Å². The molecular formula is C9H13Br. The predicted molar refractivity (Wildman–Crippen MR) is 50.2 cm³/mol. The lowest BCUT2D eigenvalue weighted by Gasteiger charge is -1.94. The van der Waals surface area contributed by atoms with E-state index < -0.39 is 0 Å². The summed E-state index contributed by atoms with van der Waals surface area (Å²) in [4.78, 5) is 0. The third kappa shape index (κ3) is 5.91. The van der Waals surface area contributed by atoms with Crippen molar-refractivity contribution in [3.05, 3.63) is 11.6 Å². The second-order valence-corrected chi connectivity index (χ2v) is 3.03. The lowest BCUT2D eigenvalue weighted by Crippen LogP contribution is -1.76. The van der Waals surface area contributed by atoms with Gasteiger partial charge in [0.2, 0.25) is 0 Å². The zero-order chi connectivity index (χ0) is 7.82. The molecule has 0 aliphatic carbocycles. The van der Waals surface area contributed by atoms with E-state index in [1.807, 2.05) is 0 Å². The number of hydrogen-bond donors (Lipinski definition) is 0. The van der Waals surface area contributed by atoms with Gasteiger partial charge in [-0.1, -0.05) is 27.6 Å². The maximum Gasteiger partial charge on any atom is 0.0123 e.